The van der Waals surface area contributed by atoms with Crippen LogP contribution in [0.5, 0.6) is 0 Å². The monoisotopic (exact) mass is 375 g/mol. The van der Waals surface area contributed by atoms with E-state index < -0.39 is 11.6 Å². The number of anilines is 1. The number of H-pyrrole nitrogens is 1. The highest BCUT2D eigenvalue weighted by molar-refractivity contribution is 6.33. The summed E-state index contributed by atoms with van der Waals surface area (Å²) in [5, 5.41) is 7.83. The third kappa shape index (κ3) is 3.53. The van der Waals surface area contributed by atoms with Gasteiger partial charge in [0, 0.05) is 11.9 Å². The Hall–Kier alpha value is -2.91. The van der Waals surface area contributed by atoms with E-state index in [1.165, 1.54) is 6.33 Å². The van der Waals surface area contributed by atoms with Crippen molar-refractivity contribution in [2.24, 2.45) is 0 Å². The molecule has 2 aromatic rings. The molecular formula is C16H18ClN7O2. The molecule has 1 aliphatic rings. The van der Waals surface area contributed by atoms with Crippen LogP contribution in [-0.2, 0) is 9.59 Å². The fourth-order valence-corrected chi connectivity index (χ4v) is 2.93. The molecule has 1 aliphatic heterocycles. The number of hydrogen-bond donors (Lipinski definition) is 4. The zero-order valence-corrected chi connectivity index (χ0v) is 15.2. The molecule has 1 fully saturated rings. The van der Waals surface area contributed by atoms with Crippen molar-refractivity contribution in [3.8, 4) is 0 Å². The molecule has 10 heteroatoms. The molecule has 26 heavy (non-hydrogen) atoms. The molecule has 9 nitrogen and oxygen atoms in total. The van der Waals surface area contributed by atoms with Crippen LogP contribution >= 0.6 is 11.6 Å². The number of carbonyl (C=O) groups is 2. The summed E-state index contributed by atoms with van der Waals surface area (Å²) in [6.07, 6.45) is 5.25. The molecule has 136 valence electrons. The molecule has 2 aromatic heterocycles. The van der Waals surface area contributed by atoms with Crippen LogP contribution in [0.2, 0.25) is 0 Å². The molecule has 0 radical (unpaired) electrons. The first-order chi connectivity index (χ1) is 12.3. The Bertz CT molecular complexity index is 932. The lowest BCUT2D eigenvalue weighted by Gasteiger charge is -2.39. The van der Waals surface area contributed by atoms with Gasteiger partial charge < -0.3 is 15.6 Å². The molecule has 0 bridgehead atoms. The zero-order chi connectivity index (χ0) is 18.9. The van der Waals surface area contributed by atoms with E-state index in [2.05, 4.69) is 31.0 Å². The Kier molecular flexibility index (Phi) is 4.66. The summed E-state index contributed by atoms with van der Waals surface area (Å²) in [5.74, 6) is 0.143. The largest absolute Gasteiger partial charge is 0.346 e. The van der Waals surface area contributed by atoms with Crippen LogP contribution in [0.15, 0.2) is 41.1 Å². The van der Waals surface area contributed by atoms with Crippen molar-refractivity contribution in [1.82, 2.24) is 30.7 Å². The lowest BCUT2D eigenvalue weighted by Crippen LogP contribution is -2.66. The van der Waals surface area contributed by atoms with E-state index in [1.807, 2.05) is 6.07 Å². The van der Waals surface area contributed by atoms with Gasteiger partial charge in [-0.1, -0.05) is 11.6 Å². The van der Waals surface area contributed by atoms with Gasteiger partial charge in [0.1, 0.15) is 29.2 Å². The van der Waals surface area contributed by atoms with Crippen molar-refractivity contribution in [1.29, 1.82) is 0 Å². The summed E-state index contributed by atoms with van der Waals surface area (Å²) >= 11 is 6.30. The summed E-state index contributed by atoms with van der Waals surface area (Å²) in [7, 11) is 0. The fraction of sp³-hybridized carbons (Fsp3) is 0.250. The number of amides is 2. The van der Waals surface area contributed by atoms with Crippen LogP contribution in [0.25, 0.3) is 11.0 Å². The number of aromatic nitrogens is 3. The first-order valence-electron chi connectivity index (χ1n) is 7.79. The summed E-state index contributed by atoms with van der Waals surface area (Å²) < 4.78 is 0. The van der Waals surface area contributed by atoms with E-state index in [9.17, 15) is 9.59 Å². The van der Waals surface area contributed by atoms with Gasteiger partial charge in [-0.25, -0.2) is 20.4 Å². The zero-order valence-electron chi connectivity index (χ0n) is 14.4. The summed E-state index contributed by atoms with van der Waals surface area (Å²) in [6, 6.07) is 1.85. The molecule has 0 atom stereocenters. The average molecular weight is 376 g/mol. The van der Waals surface area contributed by atoms with Gasteiger partial charge in [-0.05, 0) is 32.9 Å². The second-order valence-electron chi connectivity index (χ2n) is 6.28. The van der Waals surface area contributed by atoms with Crippen molar-refractivity contribution < 1.29 is 9.59 Å². The molecule has 0 unspecified atom stereocenters. The molecule has 3 heterocycles. The van der Waals surface area contributed by atoms with Crippen molar-refractivity contribution in [3.05, 3.63) is 41.1 Å². The highest BCUT2D eigenvalue weighted by Crippen LogP contribution is 2.23. The number of nitrogens with zero attached hydrogens (tertiary/aromatic N) is 3. The van der Waals surface area contributed by atoms with Crippen molar-refractivity contribution in [2.75, 3.05) is 5.32 Å². The van der Waals surface area contributed by atoms with Gasteiger partial charge in [-0.15, -0.1) is 0 Å². The number of hydrogen-bond acceptors (Lipinski definition) is 6. The molecular weight excluding hydrogens is 358 g/mol. The van der Waals surface area contributed by atoms with E-state index in [1.54, 1.807) is 33.0 Å². The predicted octanol–water partition coefficient (Wildman–Crippen LogP) is 1.55. The normalized spacial score (nSPS) is 19.3. The molecule has 3 rings (SSSR count). The summed E-state index contributed by atoms with van der Waals surface area (Å²) in [5.41, 5.74) is 3.44. The van der Waals surface area contributed by atoms with Crippen molar-refractivity contribution in [2.45, 2.75) is 26.4 Å². The molecule has 0 aromatic carbocycles. The minimum Gasteiger partial charge on any atom is -0.346 e. The van der Waals surface area contributed by atoms with Gasteiger partial charge in [0.15, 0.2) is 0 Å². The van der Waals surface area contributed by atoms with E-state index in [4.69, 9.17) is 11.6 Å². The number of rotatable bonds is 4. The lowest BCUT2D eigenvalue weighted by molar-refractivity contribution is -0.133. The number of halogens is 1. The quantitative estimate of drug-likeness (QED) is 0.476. The van der Waals surface area contributed by atoms with Gasteiger partial charge in [0.25, 0.3) is 5.91 Å². The smallest absolute Gasteiger partial charge is 0.272 e. The van der Waals surface area contributed by atoms with Gasteiger partial charge in [-0.3, -0.25) is 9.59 Å². The van der Waals surface area contributed by atoms with Crippen molar-refractivity contribution in [3.63, 3.8) is 0 Å². The number of nitrogens with one attached hydrogen (secondary N) is 4. The molecule has 0 saturated carbocycles. The average Bonchev–Trinajstić information content (AvgIpc) is 3.02. The number of allylic oxidation sites excluding steroid dienone is 3. The van der Waals surface area contributed by atoms with E-state index in [-0.39, 0.29) is 10.7 Å². The van der Waals surface area contributed by atoms with Crippen LogP contribution in [-0.4, -0.2) is 37.9 Å². The SMILES string of the molecule is C/C(=C\C(Cl)=C1\C(=O)NC(C)(C)NN1C=O)Nc1ncnc2[nH]ccc12. The lowest BCUT2D eigenvalue weighted by atomic mass is 10.2. The number of fused-ring (bicyclic) bond motifs is 1. The second kappa shape index (κ2) is 6.77. The molecule has 4 N–H and O–H groups in total. The van der Waals surface area contributed by atoms with Crippen LogP contribution in [0.4, 0.5) is 5.82 Å². The minimum absolute atomic E-state index is 0.0108. The molecule has 1 saturated heterocycles. The van der Waals surface area contributed by atoms with Gasteiger partial charge >= 0.3 is 0 Å². The Morgan fingerprint density at radius 1 is 1.38 bits per heavy atom. The maximum Gasteiger partial charge on any atom is 0.272 e. The Balaban J connectivity index is 1.90. The van der Waals surface area contributed by atoms with Gasteiger partial charge in [-0.2, -0.15) is 0 Å². The van der Waals surface area contributed by atoms with Crippen molar-refractivity contribution >= 4 is 40.8 Å². The third-order valence-corrected chi connectivity index (χ3v) is 3.91. The van der Waals surface area contributed by atoms with Crippen LogP contribution < -0.4 is 16.1 Å². The van der Waals surface area contributed by atoms with E-state index in [0.717, 1.165) is 10.4 Å². The Labute approximate surface area is 154 Å². The highest BCUT2D eigenvalue weighted by Gasteiger charge is 2.35. The first-order valence-corrected chi connectivity index (χ1v) is 8.16. The van der Waals surface area contributed by atoms with Gasteiger partial charge in [0.05, 0.1) is 10.4 Å². The first kappa shape index (κ1) is 17.9. The van der Waals surface area contributed by atoms with Crippen LogP contribution in [0.1, 0.15) is 20.8 Å². The Morgan fingerprint density at radius 3 is 2.88 bits per heavy atom. The van der Waals surface area contributed by atoms with Crippen LogP contribution in [0.3, 0.4) is 0 Å². The fourth-order valence-electron chi connectivity index (χ4n) is 2.59. The number of hydrazine groups is 1. The molecule has 2 amide bonds. The number of aromatic amines is 1. The number of carbonyl (C=O) groups excluding carboxylic acids is 2. The summed E-state index contributed by atoms with van der Waals surface area (Å²) in [4.78, 5) is 35.0. The highest BCUT2D eigenvalue weighted by atomic mass is 35.5. The molecule has 0 aliphatic carbocycles. The predicted molar refractivity (Wildman–Crippen MR) is 97.4 cm³/mol. The van der Waals surface area contributed by atoms with Crippen LogP contribution in [0, 0.1) is 0 Å². The summed E-state index contributed by atoms with van der Waals surface area (Å²) in [6.45, 7) is 5.23. The second-order valence-corrected chi connectivity index (χ2v) is 6.68. The van der Waals surface area contributed by atoms with Gasteiger partial charge in [0.2, 0.25) is 6.41 Å². The topological polar surface area (TPSA) is 115 Å². The standard InChI is InChI=1S/C16H18ClN7O2/c1-9(21-14-10-4-5-18-13(10)19-7-20-14)6-11(17)12-15(26)22-16(2,3)23-24(12)8-25/h4-8,23H,1-3H3,(H,22,26)(H2,18,19,20,21)/b9-6+,12-11+. The minimum atomic E-state index is -0.767. The Morgan fingerprint density at radius 2 is 2.15 bits per heavy atom. The van der Waals surface area contributed by atoms with E-state index >= 15 is 0 Å². The third-order valence-electron chi connectivity index (χ3n) is 3.63. The maximum absolute atomic E-state index is 12.3. The van der Waals surface area contributed by atoms with E-state index in [0.29, 0.717) is 23.6 Å². The maximum atomic E-state index is 12.3. The molecule has 0 spiro atoms.